The van der Waals surface area contributed by atoms with E-state index in [2.05, 4.69) is 21.9 Å². The molecule has 5 nitrogen and oxygen atoms in total. The lowest BCUT2D eigenvalue weighted by Gasteiger charge is -2.05. The quantitative estimate of drug-likeness (QED) is 0.667. The number of methoxy groups -OCH3 is 1. The second-order valence-electron chi connectivity index (χ2n) is 3.07. The van der Waals surface area contributed by atoms with Gasteiger partial charge in [0.15, 0.2) is 0 Å². The molecule has 0 radical (unpaired) electrons. The Kier molecular flexibility index (Phi) is 3.62. The molecule has 0 amide bonds. The minimum Gasteiger partial charge on any atom is -0.469 e. The predicted molar refractivity (Wildman–Crippen MR) is 50.8 cm³/mol. The number of esters is 1. The maximum absolute atomic E-state index is 11.0. The van der Waals surface area contributed by atoms with Crippen LogP contribution in [0.5, 0.6) is 0 Å². The van der Waals surface area contributed by atoms with Gasteiger partial charge in [-0.2, -0.15) is 0 Å². The van der Waals surface area contributed by atoms with Crippen LogP contribution in [0.3, 0.4) is 0 Å². The number of ether oxygens (including phenoxy) is 1. The second kappa shape index (κ2) is 4.74. The van der Waals surface area contributed by atoms with Crippen molar-refractivity contribution in [1.82, 2.24) is 14.8 Å². The van der Waals surface area contributed by atoms with E-state index in [9.17, 15) is 4.79 Å². The van der Waals surface area contributed by atoms with E-state index < -0.39 is 0 Å². The van der Waals surface area contributed by atoms with Gasteiger partial charge in [0.1, 0.15) is 18.1 Å². The van der Waals surface area contributed by atoms with Gasteiger partial charge < -0.3 is 9.30 Å². The van der Waals surface area contributed by atoms with E-state index in [4.69, 9.17) is 0 Å². The van der Waals surface area contributed by atoms with Gasteiger partial charge in [0.2, 0.25) is 0 Å². The van der Waals surface area contributed by atoms with Crippen molar-refractivity contribution in [3.8, 4) is 0 Å². The Morgan fingerprint density at radius 2 is 2.21 bits per heavy atom. The molecule has 0 aliphatic heterocycles. The Morgan fingerprint density at radius 3 is 2.79 bits per heavy atom. The number of aryl methyl sites for hydroxylation is 1. The molecule has 0 fully saturated rings. The standard InChI is InChI=1S/C9H15N3O2/c1-4-5-12-7(2)10-11-8(12)6-9(13)14-3/h4-6H2,1-3H3. The summed E-state index contributed by atoms with van der Waals surface area (Å²) in [7, 11) is 1.37. The number of hydrogen-bond donors (Lipinski definition) is 0. The van der Waals surface area contributed by atoms with Crippen LogP contribution in [0.1, 0.15) is 25.0 Å². The van der Waals surface area contributed by atoms with Gasteiger partial charge >= 0.3 is 5.97 Å². The zero-order valence-corrected chi connectivity index (χ0v) is 8.78. The third-order valence-electron chi connectivity index (χ3n) is 1.99. The Hall–Kier alpha value is -1.39. The van der Waals surface area contributed by atoms with E-state index in [0.717, 1.165) is 18.8 Å². The van der Waals surface area contributed by atoms with Crippen LogP contribution in [0, 0.1) is 6.92 Å². The lowest BCUT2D eigenvalue weighted by atomic mass is 10.3. The Bertz CT molecular complexity index is 320. The Morgan fingerprint density at radius 1 is 1.50 bits per heavy atom. The summed E-state index contributed by atoms with van der Waals surface area (Å²) in [5.41, 5.74) is 0. The normalized spacial score (nSPS) is 10.2. The molecular formula is C9H15N3O2. The van der Waals surface area contributed by atoms with Crippen molar-refractivity contribution in [3.05, 3.63) is 11.6 Å². The molecule has 0 bridgehead atoms. The highest BCUT2D eigenvalue weighted by molar-refractivity contribution is 5.71. The highest BCUT2D eigenvalue weighted by atomic mass is 16.5. The van der Waals surface area contributed by atoms with Crippen LogP contribution in [-0.4, -0.2) is 27.8 Å². The zero-order valence-electron chi connectivity index (χ0n) is 8.78. The lowest BCUT2D eigenvalue weighted by molar-refractivity contribution is -0.139. The van der Waals surface area contributed by atoms with Crippen LogP contribution in [0.4, 0.5) is 0 Å². The van der Waals surface area contributed by atoms with Gasteiger partial charge in [-0.3, -0.25) is 4.79 Å². The van der Waals surface area contributed by atoms with E-state index in [1.54, 1.807) is 0 Å². The van der Waals surface area contributed by atoms with Gasteiger partial charge in [-0.25, -0.2) is 0 Å². The van der Waals surface area contributed by atoms with Crippen molar-refractivity contribution in [2.75, 3.05) is 7.11 Å². The molecule has 0 N–H and O–H groups in total. The first-order chi connectivity index (χ1) is 6.69. The fourth-order valence-electron chi connectivity index (χ4n) is 1.27. The van der Waals surface area contributed by atoms with Gasteiger partial charge in [-0.15, -0.1) is 10.2 Å². The number of aromatic nitrogens is 3. The molecule has 1 rings (SSSR count). The van der Waals surface area contributed by atoms with Crippen molar-refractivity contribution in [2.24, 2.45) is 0 Å². The first-order valence-corrected chi connectivity index (χ1v) is 4.64. The third kappa shape index (κ3) is 2.31. The summed E-state index contributed by atoms with van der Waals surface area (Å²) >= 11 is 0. The first-order valence-electron chi connectivity index (χ1n) is 4.64. The molecule has 0 saturated heterocycles. The average Bonchev–Trinajstić information content (AvgIpc) is 2.50. The van der Waals surface area contributed by atoms with Crippen LogP contribution in [-0.2, 0) is 22.5 Å². The van der Waals surface area contributed by atoms with Crippen LogP contribution in [0.2, 0.25) is 0 Å². The monoisotopic (exact) mass is 197 g/mol. The second-order valence-corrected chi connectivity index (χ2v) is 3.07. The summed E-state index contributed by atoms with van der Waals surface area (Å²) in [6, 6.07) is 0. The van der Waals surface area contributed by atoms with Crippen molar-refractivity contribution in [2.45, 2.75) is 33.2 Å². The highest BCUT2D eigenvalue weighted by Gasteiger charge is 2.12. The van der Waals surface area contributed by atoms with Gasteiger partial charge in [0, 0.05) is 6.54 Å². The molecule has 1 heterocycles. The minimum absolute atomic E-state index is 0.192. The summed E-state index contributed by atoms with van der Waals surface area (Å²) < 4.78 is 6.52. The molecule has 0 aliphatic carbocycles. The van der Waals surface area contributed by atoms with Crippen molar-refractivity contribution in [3.63, 3.8) is 0 Å². The van der Waals surface area contributed by atoms with Crippen LogP contribution in [0.15, 0.2) is 0 Å². The molecule has 78 valence electrons. The Balaban J connectivity index is 2.80. The molecule has 0 atom stereocenters. The summed E-state index contributed by atoms with van der Waals surface area (Å²) in [6.45, 7) is 4.79. The Labute approximate surface area is 83.1 Å². The summed E-state index contributed by atoms with van der Waals surface area (Å²) in [4.78, 5) is 11.0. The van der Waals surface area contributed by atoms with Crippen molar-refractivity contribution in [1.29, 1.82) is 0 Å². The van der Waals surface area contributed by atoms with Crippen LogP contribution >= 0.6 is 0 Å². The van der Waals surface area contributed by atoms with Crippen molar-refractivity contribution >= 4 is 5.97 Å². The van der Waals surface area contributed by atoms with E-state index in [1.807, 2.05) is 11.5 Å². The predicted octanol–water partition coefficient (Wildman–Crippen LogP) is 0.712. The molecule has 5 heteroatoms. The summed E-state index contributed by atoms with van der Waals surface area (Å²) in [5, 5.41) is 7.86. The zero-order chi connectivity index (χ0) is 10.6. The smallest absolute Gasteiger partial charge is 0.313 e. The summed E-state index contributed by atoms with van der Waals surface area (Å²) in [5.74, 6) is 1.23. The molecule has 14 heavy (non-hydrogen) atoms. The molecule has 1 aromatic rings. The topological polar surface area (TPSA) is 57.0 Å². The number of hydrogen-bond acceptors (Lipinski definition) is 4. The van der Waals surface area contributed by atoms with Gasteiger partial charge in [-0.05, 0) is 13.3 Å². The number of carbonyl (C=O) groups excluding carboxylic acids is 1. The lowest BCUT2D eigenvalue weighted by Crippen LogP contribution is -2.12. The molecule has 0 aromatic carbocycles. The summed E-state index contributed by atoms with van der Waals surface area (Å²) in [6.07, 6.45) is 1.18. The highest BCUT2D eigenvalue weighted by Crippen LogP contribution is 2.03. The fourth-order valence-corrected chi connectivity index (χ4v) is 1.27. The fraction of sp³-hybridized carbons (Fsp3) is 0.667. The molecule has 1 aromatic heterocycles. The van der Waals surface area contributed by atoms with Crippen LogP contribution in [0.25, 0.3) is 0 Å². The molecule has 0 unspecified atom stereocenters. The van der Waals surface area contributed by atoms with Crippen molar-refractivity contribution < 1.29 is 9.53 Å². The van der Waals surface area contributed by atoms with E-state index in [-0.39, 0.29) is 12.4 Å². The van der Waals surface area contributed by atoms with Gasteiger partial charge in [0.05, 0.1) is 7.11 Å². The maximum Gasteiger partial charge on any atom is 0.313 e. The maximum atomic E-state index is 11.0. The average molecular weight is 197 g/mol. The number of nitrogens with zero attached hydrogens (tertiary/aromatic N) is 3. The third-order valence-corrected chi connectivity index (χ3v) is 1.99. The van der Waals surface area contributed by atoms with Gasteiger partial charge in [-0.1, -0.05) is 6.92 Å². The number of rotatable bonds is 4. The molecule has 0 spiro atoms. The number of carbonyl (C=O) groups is 1. The van der Waals surface area contributed by atoms with E-state index >= 15 is 0 Å². The van der Waals surface area contributed by atoms with Gasteiger partial charge in [0.25, 0.3) is 0 Å². The van der Waals surface area contributed by atoms with Crippen LogP contribution < -0.4 is 0 Å². The first kappa shape index (κ1) is 10.7. The largest absolute Gasteiger partial charge is 0.469 e. The minimum atomic E-state index is -0.283. The molecule has 0 aliphatic rings. The van der Waals surface area contributed by atoms with E-state index in [0.29, 0.717) is 5.82 Å². The van der Waals surface area contributed by atoms with E-state index in [1.165, 1.54) is 7.11 Å². The molecular weight excluding hydrogens is 182 g/mol. The SMILES string of the molecule is CCCn1c(C)nnc1CC(=O)OC. The molecule has 0 saturated carbocycles.